The third kappa shape index (κ3) is 1.76. The lowest BCUT2D eigenvalue weighted by Gasteiger charge is -1.90. The van der Waals surface area contributed by atoms with Crippen molar-refractivity contribution in [3.63, 3.8) is 0 Å². The number of aryl methyl sites for hydroxylation is 1. The van der Waals surface area contributed by atoms with Crippen LogP contribution >= 0.6 is 11.3 Å². The second kappa shape index (κ2) is 4.10. The summed E-state index contributed by atoms with van der Waals surface area (Å²) in [6, 6.07) is 6.25. The minimum absolute atomic E-state index is 0.324. The normalized spacial score (nSPS) is 11.2. The lowest BCUT2D eigenvalue weighted by Crippen LogP contribution is -1.82. The van der Waals surface area contributed by atoms with E-state index in [1.807, 2.05) is 6.07 Å². The second-order valence-electron chi connectivity index (χ2n) is 3.98. The topological polar surface area (TPSA) is 52.0 Å². The molecule has 0 fully saturated rings. The van der Waals surface area contributed by atoms with E-state index in [1.165, 1.54) is 28.3 Å². The molecule has 3 aromatic rings. The molecule has 0 bridgehead atoms. The molecule has 0 unspecified atom stereocenters. The maximum Gasteiger partial charge on any atom is 0.230 e. The van der Waals surface area contributed by atoms with Crippen molar-refractivity contribution in [2.75, 3.05) is 5.73 Å². The molecule has 92 valence electrons. The Bertz CT molecular complexity index is 717. The standard InChI is InChI=1S/C13H11FN2OS/c1-2-8-6-9(12(15)18-8)13-16-10-5-7(14)3-4-11(10)17-13/h3-6H,2,15H2,1H3. The Kier molecular flexibility index (Phi) is 2.56. The summed E-state index contributed by atoms with van der Waals surface area (Å²) in [6.45, 7) is 2.07. The molecule has 2 aromatic heterocycles. The molecular formula is C13H11FN2OS. The molecule has 0 saturated carbocycles. The van der Waals surface area contributed by atoms with Gasteiger partial charge in [0.05, 0.1) is 10.6 Å². The fourth-order valence-electron chi connectivity index (χ4n) is 1.81. The van der Waals surface area contributed by atoms with Gasteiger partial charge in [-0.2, -0.15) is 0 Å². The average molecular weight is 262 g/mol. The van der Waals surface area contributed by atoms with Crippen LogP contribution < -0.4 is 5.73 Å². The highest BCUT2D eigenvalue weighted by Gasteiger charge is 2.14. The third-order valence-corrected chi connectivity index (χ3v) is 3.85. The number of nitrogens with two attached hydrogens (primary N) is 1. The van der Waals surface area contributed by atoms with Gasteiger partial charge in [0.1, 0.15) is 11.3 Å². The first-order valence-corrected chi connectivity index (χ1v) is 6.43. The number of halogens is 1. The largest absolute Gasteiger partial charge is 0.436 e. The van der Waals surface area contributed by atoms with Gasteiger partial charge in [-0.3, -0.25) is 0 Å². The highest BCUT2D eigenvalue weighted by molar-refractivity contribution is 7.16. The molecule has 0 radical (unpaired) electrons. The quantitative estimate of drug-likeness (QED) is 0.763. The van der Waals surface area contributed by atoms with Gasteiger partial charge in [-0.15, -0.1) is 11.3 Å². The summed E-state index contributed by atoms with van der Waals surface area (Å²) in [5, 5.41) is 0.680. The number of thiophene rings is 1. The Balaban J connectivity index is 2.15. The van der Waals surface area contributed by atoms with Crippen LogP contribution in [0, 0.1) is 5.82 Å². The highest BCUT2D eigenvalue weighted by Crippen LogP contribution is 2.35. The van der Waals surface area contributed by atoms with Gasteiger partial charge >= 0.3 is 0 Å². The Morgan fingerprint density at radius 3 is 2.94 bits per heavy atom. The Morgan fingerprint density at radius 1 is 1.39 bits per heavy atom. The zero-order chi connectivity index (χ0) is 12.7. The number of nitrogen functional groups attached to an aromatic ring is 1. The van der Waals surface area contributed by atoms with Gasteiger partial charge in [0.25, 0.3) is 0 Å². The van der Waals surface area contributed by atoms with Gasteiger partial charge in [-0.1, -0.05) is 6.92 Å². The van der Waals surface area contributed by atoms with Crippen molar-refractivity contribution < 1.29 is 8.81 Å². The molecule has 2 heterocycles. The van der Waals surface area contributed by atoms with Crippen molar-refractivity contribution in [1.29, 1.82) is 0 Å². The van der Waals surface area contributed by atoms with Crippen LogP contribution in [-0.2, 0) is 6.42 Å². The molecule has 0 aliphatic carbocycles. The molecule has 0 spiro atoms. The molecule has 18 heavy (non-hydrogen) atoms. The summed E-state index contributed by atoms with van der Waals surface area (Å²) in [5.41, 5.74) is 7.80. The second-order valence-corrected chi connectivity index (χ2v) is 5.14. The smallest absolute Gasteiger partial charge is 0.230 e. The zero-order valence-corrected chi connectivity index (χ0v) is 10.6. The summed E-state index contributed by atoms with van der Waals surface area (Å²) in [4.78, 5) is 5.45. The molecule has 0 saturated heterocycles. The average Bonchev–Trinajstić information content (AvgIpc) is 2.91. The molecule has 5 heteroatoms. The highest BCUT2D eigenvalue weighted by atomic mass is 32.1. The number of aromatic nitrogens is 1. The third-order valence-electron chi connectivity index (χ3n) is 2.74. The van der Waals surface area contributed by atoms with E-state index < -0.39 is 0 Å². The molecule has 2 N–H and O–H groups in total. The first kappa shape index (κ1) is 11.2. The van der Waals surface area contributed by atoms with Crippen LogP contribution in [-0.4, -0.2) is 4.98 Å². The minimum Gasteiger partial charge on any atom is -0.436 e. The molecule has 0 amide bonds. The number of rotatable bonds is 2. The van der Waals surface area contributed by atoms with Crippen LogP contribution in [0.25, 0.3) is 22.6 Å². The number of fused-ring (bicyclic) bond motifs is 1. The van der Waals surface area contributed by atoms with Crippen LogP contribution in [0.4, 0.5) is 9.39 Å². The van der Waals surface area contributed by atoms with Crippen molar-refractivity contribution in [1.82, 2.24) is 4.98 Å². The Morgan fingerprint density at radius 2 is 2.22 bits per heavy atom. The number of hydrogen-bond acceptors (Lipinski definition) is 4. The maximum atomic E-state index is 13.1. The van der Waals surface area contributed by atoms with E-state index in [2.05, 4.69) is 11.9 Å². The van der Waals surface area contributed by atoms with Gasteiger partial charge in [-0.25, -0.2) is 9.37 Å². The van der Waals surface area contributed by atoms with E-state index in [1.54, 1.807) is 6.07 Å². The summed E-state index contributed by atoms with van der Waals surface area (Å²) in [7, 11) is 0. The van der Waals surface area contributed by atoms with Crippen molar-refractivity contribution in [2.45, 2.75) is 13.3 Å². The number of nitrogens with zero attached hydrogens (tertiary/aromatic N) is 1. The number of benzene rings is 1. The molecule has 1 aromatic carbocycles. The molecule has 0 aliphatic rings. The maximum absolute atomic E-state index is 13.1. The number of anilines is 1. The Hall–Kier alpha value is -1.88. The van der Waals surface area contributed by atoms with Gasteiger partial charge in [0.15, 0.2) is 5.58 Å². The molecule has 3 rings (SSSR count). The Labute approximate surface area is 107 Å². The van der Waals surface area contributed by atoms with Crippen LogP contribution in [0.3, 0.4) is 0 Å². The van der Waals surface area contributed by atoms with Crippen LogP contribution in [0.5, 0.6) is 0 Å². The monoisotopic (exact) mass is 262 g/mol. The lowest BCUT2D eigenvalue weighted by molar-refractivity contribution is 0.614. The fraction of sp³-hybridized carbons (Fsp3) is 0.154. The van der Waals surface area contributed by atoms with Crippen LogP contribution in [0.2, 0.25) is 0 Å². The zero-order valence-electron chi connectivity index (χ0n) is 9.74. The van der Waals surface area contributed by atoms with Crippen LogP contribution in [0.15, 0.2) is 28.7 Å². The summed E-state index contributed by atoms with van der Waals surface area (Å²) in [5.74, 6) is 0.124. The number of oxazole rings is 1. The summed E-state index contributed by atoms with van der Waals surface area (Å²) < 4.78 is 18.7. The fourth-order valence-corrected chi connectivity index (χ4v) is 2.67. The van der Waals surface area contributed by atoms with Gasteiger partial charge in [0.2, 0.25) is 5.89 Å². The molecule has 3 nitrogen and oxygen atoms in total. The van der Waals surface area contributed by atoms with Crippen molar-refractivity contribution in [2.24, 2.45) is 0 Å². The van der Waals surface area contributed by atoms with E-state index in [-0.39, 0.29) is 5.82 Å². The van der Waals surface area contributed by atoms with E-state index in [9.17, 15) is 4.39 Å². The predicted molar refractivity (Wildman–Crippen MR) is 71.1 cm³/mol. The molecule has 0 atom stereocenters. The number of hydrogen-bond donors (Lipinski definition) is 1. The predicted octanol–water partition coefficient (Wildman–Crippen LogP) is 3.84. The van der Waals surface area contributed by atoms with E-state index in [0.717, 1.165) is 12.0 Å². The van der Waals surface area contributed by atoms with Crippen molar-refractivity contribution in [3.05, 3.63) is 35.0 Å². The minimum atomic E-state index is -0.324. The van der Waals surface area contributed by atoms with Crippen LogP contribution in [0.1, 0.15) is 11.8 Å². The SMILES string of the molecule is CCc1cc(-c2nc3cc(F)ccc3o2)c(N)s1. The molecular weight excluding hydrogens is 251 g/mol. The molecule has 0 aliphatic heterocycles. The van der Waals surface area contributed by atoms with Gasteiger partial charge in [-0.05, 0) is 24.6 Å². The summed E-state index contributed by atoms with van der Waals surface area (Å²) in [6.07, 6.45) is 0.920. The lowest BCUT2D eigenvalue weighted by atomic mass is 10.2. The first-order chi connectivity index (χ1) is 8.67. The van der Waals surface area contributed by atoms with E-state index in [0.29, 0.717) is 22.0 Å². The van der Waals surface area contributed by atoms with E-state index >= 15 is 0 Å². The van der Waals surface area contributed by atoms with E-state index in [4.69, 9.17) is 10.2 Å². The van der Waals surface area contributed by atoms with Crippen molar-refractivity contribution >= 4 is 27.4 Å². The van der Waals surface area contributed by atoms with Gasteiger partial charge < -0.3 is 10.2 Å². The summed E-state index contributed by atoms with van der Waals surface area (Å²) >= 11 is 1.53. The van der Waals surface area contributed by atoms with Crippen molar-refractivity contribution in [3.8, 4) is 11.5 Å². The van der Waals surface area contributed by atoms with Gasteiger partial charge in [0, 0.05) is 10.9 Å². The first-order valence-electron chi connectivity index (χ1n) is 5.62.